The molecule has 0 aliphatic carbocycles. The van der Waals surface area contributed by atoms with Crippen LogP contribution in [-0.4, -0.2) is 10.1 Å². The smallest absolute Gasteiger partial charge is 0.0871 e. The zero-order valence-corrected chi connectivity index (χ0v) is 12.1. The lowest BCUT2D eigenvalue weighted by Crippen LogP contribution is -2.09. The molecular weight excluding hydrogens is 290 g/mol. The van der Waals surface area contributed by atoms with Crippen LogP contribution in [0.25, 0.3) is 0 Å². The summed E-state index contributed by atoms with van der Waals surface area (Å²) in [5, 5.41) is 10.4. The lowest BCUT2D eigenvalue weighted by Gasteiger charge is -2.19. The summed E-state index contributed by atoms with van der Waals surface area (Å²) in [7, 11) is 0. The second kappa shape index (κ2) is 5.63. The van der Waals surface area contributed by atoms with Gasteiger partial charge in [-0.05, 0) is 36.2 Å². The molecular formula is C15H16BrNO. The van der Waals surface area contributed by atoms with E-state index in [1.54, 1.807) is 6.20 Å². The first-order chi connectivity index (χ1) is 8.59. The van der Waals surface area contributed by atoms with Gasteiger partial charge in [0.1, 0.15) is 0 Å². The van der Waals surface area contributed by atoms with Gasteiger partial charge in [-0.2, -0.15) is 0 Å². The molecule has 2 nitrogen and oxygen atoms in total. The van der Waals surface area contributed by atoms with Gasteiger partial charge in [-0.15, -0.1) is 0 Å². The molecule has 2 rings (SSSR count). The highest BCUT2D eigenvalue weighted by Crippen LogP contribution is 2.31. The number of pyridine rings is 1. The molecule has 1 heterocycles. The topological polar surface area (TPSA) is 33.1 Å². The fourth-order valence-electron chi connectivity index (χ4n) is 1.89. The molecule has 94 valence electrons. The minimum Gasteiger partial charge on any atom is -0.388 e. The van der Waals surface area contributed by atoms with Crippen LogP contribution in [-0.2, 0) is 0 Å². The standard InChI is InChI=1S/C15H16BrNO/c1-10-6-7-12(9-13(10)16)15(18)11(2)14-5-3-4-8-17-14/h3-9,11,15,18H,1-2H3. The Hall–Kier alpha value is -1.19. The van der Waals surface area contributed by atoms with Gasteiger partial charge in [0.2, 0.25) is 0 Å². The van der Waals surface area contributed by atoms with Crippen LogP contribution < -0.4 is 0 Å². The number of aliphatic hydroxyl groups excluding tert-OH is 1. The fourth-order valence-corrected chi connectivity index (χ4v) is 2.29. The van der Waals surface area contributed by atoms with Crippen LogP contribution in [0.1, 0.15) is 35.8 Å². The predicted molar refractivity (Wildman–Crippen MR) is 76.5 cm³/mol. The Kier molecular flexibility index (Phi) is 4.15. The molecule has 18 heavy (non-hydrogen) atoms. The van der Waals surface area contributed by atoms with Crippen molar-refractivity contribution >= 4 is 15.9 Å². The lowest BCUT2D eigenvalue weighted by atomic mass is 9.94. The third kappa shape index (κ3) is 2.79. The maximum Gasteiger partial charge on any atom is 0.0871 e. The molecule has 0 saturated heterocycles. The Bertz CT molecular complexity index is 527. The summed E-state index contributed by atoms with van der Waals surface area (Å²) in [6.07, 6.45) is 1.21. The molecule has 2 unspecified atom stereocenters. The van der Waals surface area contributed by atoms with Crippen molar-refractivity contribution in [3.8, 4) is 0 Å². The average Bonchev–Trinajstić information content (AvgIpc) is 2.41. The molecule has 0 bridgehead atoms. The van der Waals surface area contributed by atoms with E-state index in [9.17, 15) is 5.11 Å². The van der Waals surface area contributed by atoms with Crippen molar-refractivity contribution in [2.24, 2.45) is 0 Å². The third-order valence-electron chi connectivity index (χ3n) is 3.17. The first kappa shape index (κ1) is 13.2. The molecule has 1 N–H and O–H groups in total. The van der Waals surface area contributed by atoms with Crippen molar-refractivity contribution in [1.82, 2.24) is 4.98 Å². The first-order valence-electron chi connectivity index (χ1n) is 5.94. The Morgan fingerprint density at radius 2 is 2.00 bits per heavy atom. The van der Waals surface area contributed by atoms with E-state index in [0.717, 1.165) is 21.3 Å². The van der Waals surface area contributed by atoms with Crippen LogP contribution in [0.4, 0.5) is 0 Å². The second-order valence-electron chi connectivity index (χ2n) is 4.50. The minimum atomic E-state index is -0.545. The third-order valence-corrected chi connectivity index (χ3v) is 4.02. The van der Waals surface area contributed by atoms with Gasteiger partial charge in [-0.25, -0.2) is 0 Å². The minimum absolute atomic E-state index is 0.0270. The number of hydrogen-bond acceptors (Lipinski definition) is 2. The monoisotopic (exact) mass is 305 g/mol. The van der Waals surface area contributed by atoms with Crippen LogP contribution in [0.2, 0.25) is 0 Å². The van der Waals surface area contributed by atoms with Gasteiger partial charge in [-0.3, -0.25) is 4.98 Å². The number of rotatable bonds is 3. The zero-order chi connectivity index (χ0) is 13.1. The number of hydrogen-bond donors (Lipinski definition) is 1. The van der Waals surface area contributed by atoms with Crippen LogP contribution in [0.3, 0.4) is 0 Å². The second-order valence-corrected chi connectivity index (χ2v) is 5.35. The molecule has 0 aliphatic heterocycles. The van der Waals surface area contributed by atoms with Gasteiger partial charge < -0.3 is 5.11 Å². The Labute approximate surface area is 116 Å². The molecule has 0 spiro atoms. The molecule has 3 heteroatoms. The summed E-state index contributed by atoms with van der Waals surface area (Å²) in [5.41, 5.74) is 2.98. The molecule has 2 aromatic rings. The van der Waals surface area contributed by atoms with Gasteiger partial charge in [0.15, 0.2) is 0 Å². The predicted octanol–water partition coefficient (Wildman–Crippen LogP) is 3.99. The van der Waals surface area contributed by atoms with Crippen LogP contribution >= 0.6 is 15.9 Å². The van der Waals surface area contributed by atoms with Crippen LogP contribution in [0.15, 0.2) is 47.1 Å². The van der Waals surface area contributed by atoms with Crippen molar-refractivity contribution in [1.29, 1.82) is 0 Å². The maximum atomic E-state index is 10.4. The van der Waals surface area contributed by atoms with E-state index in [-0.39, 0.29) is 5.92 Å². The molecule has 1 aromatic heterocycles. The fraction of sp³-hybridized carbons (Fsp3) is 0.267. The molecule has 2 atom stereocenters. The number of halogens is 1. The highest BCUT2D eigenvalue weighted by molar-refractivity contribution is 9.10. The average molecular weight is 306 g/mol. The molecule has 0 fully saturated rings. The Balaban J connectivity index is 2.25. The van der Waals surface area contributed by atoms with Crippen molar-refractivity contribution < 1.29 is 5.11 Å². The van der Waals surface area contributed by atoms with E-state index < -0.39 is 6.10 Å². The maximum absolute atomic E-state index is 10.4. The van der Waals surface area contributed by atoms with Crippen LogP contribution in [0.5, 0.6) is 0 Å². The summed E-state index contributed by atoms with van der Waals surface area (Å²) in [6.45, 7) is 4.02. The van der Waals surface area contributed by atoms with E-state index in [2.05, 4.69) is 20.9 Å². The first-order valence-corrected chi connectivity index (χ1v) is 6.74. The molecule has 0 saturated carbocycles. The van der Waals surface area contributed by atoms with Gasteiger partial charge in [0.25, 0.3) is 0 Å². The molecule has 1 aromatic carbocycles. The van der Waals surface area contributed by atoms with Crippen LogP contribution in [0, 0.1) is 6.92 Å². The SMILES string of the molecule is Cc1ccc(C(O)C(C)c2ccccn2)cc1Br. The summed E-state index contributed by atoms with van der Waals surface area (Å²) < 4.78 is 1.02. The largest absolute Gasteiger partial charge is 0.388 e. The van der Waals surface area contributed by atoms with E-state index in [1.807, 2.05) is 50.2 Å². The zero-order valence-electron chi connectivity index (χ0n) is 10.5. The van der Waals surface area contributed by atoms with E-state index in [4.69, 9.17) is 0 Å². The van der Waals surface area contributed by atoms with E-state index in [1.165, 1.54) is 0 Å². The van der Waals surface area contributed by atoms with Gasteiger partial charge >= 0.3 is 0 Å². The highest BCUT2D eigenvalue weighted by Gasteiger charge is 2.19. The molecule has 0 aliphatic rings. The van der Waals surface area contributed by atoms with E-state index >= 15 is 0 Å². The number of aryl methyl sites for hydroxylation is 1. The van der Waals surface area contributed by atoms with E-state index in [0.29, 0.717) is 0 Å². The number of aromatic nitrogens is 1. The normalized spacial score (nSPS) is 14.2. The summed E-state index contributed by atoms with van der Waals surface area (Å²) >= 11 is 3.49. The van der Waals surface area contributed by atoms with Crippen molar-refractivity contribution in [2.45, 2.75) is 25.9 Å². The molecule has 0 radical (unpaired) electrons. The highest BCUT2D eigenvalue weighted by atomic mass is 79.9. The lowest BCUT2D eigenvalue weighted by molar-refractivity contribution is 0.150. The summed E-state index contributed by atoms with van der Waals surface area (Å²) in [5.74, 6) is -0.0270. The van der Waals surface area contributed by atoms with Crippen molar-refractivity contribution in [3.05, 3.63) is 63.9 Å². The quantitative estimate of drug-likeness (QED) is 0.930. The number of benzene rings is 1. The van der Waals surface area contributed by atoms with Crippen molar-refractivity contribution in [3.63, 3.8) is 0 Å². The summed E-state index contributed by atoms with van der Waals surface area (Å²) in [6, 6.07) is 11.7. The van der Waals surface area contributed by atoms with Gasteiger partial charge in [0.05, 0.1) is 6.10 Å². The number of nitrogens with zero attached hydrogens (tertiary/aromatic N) is 1. The molecule has 0 amide bonds. The summed E-state index contributed by atoms with van der Waals surface area (Å²) in [4.78, 5) is 4.29. The Morgan fingerprint density at radius 1 is 1.22 bits per heavy atom. The van der Waals surface area contributed by atoms with Crippen molar-refractivity contribution in [2.75, 3.05) is 0 Å². The van der Waals surface area contributed by atoms with Gasteiger partial charge in [-0.1, -0.05) is 41.1 Å². The number of aliphatic hydroxyl groups is 1. The Morgan fingerprint density at radius 3 is 2.61 bits per heavy atom. The van der Waals surface area contributed by atoms with Gasteiger partial charge in [0, 0.05) is 22.3 Å².